The van der Waals surface area contributed by atoms with Gasteiger partial charge in [0.25, 0.3) is 0 Å². The lowest BCUT2D eigenvalue weighted by molar-refractivity contribution is 0.0118. The Balaban J connectivity index is 2.02. The van der Waals surface area contributed by atoms with Crippen LogP contribution in [0.4, 0.5) is 0 Å². The van der Waals surface area contributed by atoms with Gasteiger partial charge in [0.1, 0.15) is 0 Å². The molecule has 1 aliphatic heterocycles. The van der Waals surface area contributed by atoms with E-state index in [1.54, 1.807) is 0 Å². The molecule has 0 amide bonds. The van der Waals surface area contributed by atoms with Crippen LogP contribution < -0.4 is 0 Å². The minimum Gasteiger partial charge on any atom is -0.379 e. The molecular weight excluding hydrogens is 522 g/mol. The van der Waals surface area contributed by atoms with Crippen LogP contribution in [0.25, 0.3) is 0 Å². The van der Waals surface area contributed by atoms with E-state index in [-0.39, 0.29) is 0 Å². The van der Waals surface area contributed by atoms with E-state index in [2.05, 4.69) is 67.4 Å². The quantitative estimate of drug-likeness (QED) is 0.0582. The van der Waals surface area contributed by atoms with Crippen molar-refractivity contribution in [3.63, 3.8) is 0 Å². The molecule has 0 aromatic carbocycles. The van der Waals surface area contributed by atoms with Gasteiger partial charge < -0.3 is 4.74 Å². The standard InChI is InChI=1S/C41H75NO/c1-3-5-7-9-11-13-15-17-19-21-23-25-27-29-31-33-35-41(42-37-39-43-40-38-42)36-34-32-30-28-26-24-22-20-18-16-14-12-10-8-6-4-2/h11-14,17-20,41H,3-10,15-16,21-40H2,1-2H3. The number of unbranched alkanes of at least 4 members (excludes halogenated alkanes) is 18. The summed E-state index contributed by atoms with van der Waals surface area (Å²) in [7, 11) is 0. The van der Waals surface area contributed by atoms with Gasteiger partial charge in [-0.2, -0.15) is 0 Å². The Morgan fingerprint density at radius 1 is 0.442 bits per heavy atom. The SMILES string of the molecule is CCCCCC=CCC=CCCCCCCCCC(CCCCCCCCC=CCC=CCCCCC)N1CCOCC1. The lowest BCUT2D eigenvalue weighted by atomic mass is 9.98. The van der Waals surface area contributed by atoms with Gasteiger partial charge in [-0.1, -0.05) is 152 Å². The first-order valence-electron chi connectivity index (χ1n) is 19.3. The van der Waals surface area contributed by atoms with E-state index >= 15 is 0 Å². The number of hydrogen-bond acceptors (Lipinski definition) is 2. The minimum absolute atomic E-state index is 0.792. The molecule has 1 heterocycles. The fraction of sp³-hybridized carbons (Fsp3) is 0.805. The van der Waals surface area contributed by atoms with Crippen LogP contribution in [0.2, 0.25) is 0 Å². The molecule has 0 bridgehead atoms. The van der Waals surface area contributed by atoms with Crippen molar-refractivity contribution in [3.05, 3.63) is 48.6 Å². The van der Waals surface area contributed by atoms with Crippen LogP contribution in [0.1, 0.15) is 181 Å². The summed E-state index contributed by atoms with van der Waals surface area (Å²) in [5.41, 5.74) is 0. The molecule has 250 valence electrons. The first-order valence-corrected chi connectivity index (χ1v) is 19.3. The van der Waals surface area contributed by atoms with Crippen LogP contribution in [0, 0.1) is 0 Å². The second kappa shape index (κ2) is 33.8. The van der Waals surface area contributed by atoms with Crippen molar-refractivity contribution < 1.29 is 4.74 Å². The zero-order chi connectivity index (χ0) is 30.7. The normalized spacial score (nSPS) is 15.7. The lowest BCUT2D eigenvalue weighted by Gasteiger charge is -2.34. The Labute approximate surface area is 270 Å². The molecule has 0 N–H and O–H groups in total. The molecule has 1 saturated heterocycles. The summed E-state index contributed by atoms with van der Waals surface area (Å²) in [4.78, 5) is 2.75. The van der Waals surface area contributed by atoms with Crippen molar-refractivity contribution in [2.45, 2.75) is 187 Å². The molecule has 1 fully saturated rings. The van der Waals surface area contributed by atoms with E-state index in [0.29, 0.717) is 0 Å². The van der Waals surface area contributed by atoms with Gasteiger partial charge in [0, 0.05) is 19.1 Å². The molecule has 2 heteroatoms. The van der Waals surface area contributed by atoms with E-state index in [1.807, 2.05) is 0 Å². The Morgan fingerprint density at radius 3 is 1.19 bits per heavy atom. The third-order valence-electron chi connectivity index (χ3n) is 9.04. The summed E-state index contributed by atoms with van der Waals surface area (Å²) >= 11 is 0. The zero-order valence-corrected chi connectivity index (χ0v) is 29.3. The van der Waals surface area contributed by atoms with Crippen LogP contribution in [-0.2, 0) is 4.74 Å². The minimum atomic E-state index is 0.792. The summed E-state index contributed by atoms with van der Waals surface area (Å²) in [5.74, 6) is 0. The topological polar surface area (TPSA) is 12.5 Å². The largest absolute Gasteiger partial charge is 0.379 e. The van der Waals surface area contributed by atoms with E-state index in [9.17, 15) is 0 Å². The van der Waals surface area contributed by atoms with Crippen LogP contribution in [0.15, 0.2) is 48.6 Å². The summed E-state index contributed by atoms with van der Waals surface area (Å²) in [6, 6.07) is 0.792. The third kappa shape index (κ3) is 28.1. The second-order valence-electron chi connectivity index (χ2n) is 13.0. The molecule has 0 atom stereocenters. The Bertz CT molecular complexity index is 609. The number of allylic oxidation sites excluding steroid dienone is 8. The van der Waals surface area contributed by atoms with E-state index in [4.69, 9.17) is 4.74 Å². The van der Waals surface area contributed by atoms with E-state index < -0.39 is 0 Å². The van der Waals surface area contributed by atoms with Gasteiger partial charge in [0.2, 0.25) is 0 Å². The van der Waals surface area contributed by atoms with Crippen LogP contribution in [-0.4, -0.2) is 37.2 Å². The van der Waals surface area contributed by atoms with Crippen LogP contribution in [0.5, 0.6) is 0 Å². The average molecular weight is 598 g/mol. The first-order chi connectivity index (χ1) is 21.4. The lowest BCUT2D eigenvalue weighted by Crippen LogP contribution is -2.43. The number of hydrogen-bond donors (Lipinski definition) is 0. The monoisotopic (exact) mass is 598 g/mol. The molecule has 0 spiro atoms. The highest BCUT2D eigenvalue weighted by Gasteiger charge is 2.20. The highest BCUT2D eigenvalue weighted by Crippen LogP contribution is 2.20. The Morgan fingerprint density at radius 2 is 0.791 bits per heavy atom. The van der Waals surface area contributed by atoms with Crippen molar-refractivity contribution in [1.29, 1.82) is 0 Å². The van der Waals surface area contributed by atoms with Crippen molar-refractivity contribution >= 4 is 0 Å². The maximum atomic E-state index is 5.66. The fourth-order valence-electron chi connectivity index (χ4n) is 6.19. The number of rotatable bonds is 31. The summed E-state index contributed by atoms with van der Waals surface area (Å²) in [5, 5.41) is 0. The van der Waals surface area contributed by atoms with Gasteiger partial charge in [-0.25, -0.2) is 0 Å². The van der Waals surface area contributed by atoms with E-state index in [0.717, 1.165) is 45.2 Å². The number of ether oxygens (including phenoxy) is 1. The summed E-state index contributed by atoms with van der Waals surface area (Å²) < 4.78 is 5.66. The maximum Gasteiger partial charge on any atom is 0.0594 e. The highest BCUT2D eigenvalue weighted by atomic mass is 16.5. The molecular formula is C41H75NO. The Hall–Kier alpha value is -1.12. The van der Waals surface area contributed by atoms with Crippen molar-refractivity contribution in [3.8, 4) is 0 Å². The highest BCUT2D eigenvalue weighted by molar-refractivity contribution is 4.93. The van der Waals surface area contributed by atoms with E-state index in [1.165, 1.54) is 154 Å². The third-order valence-corrected chi connectivity index (χ3v) is 9.04. The van der Waals surface area contributed by atoms with Gasteiger partial charge in [-0.05, 0) is 77.0 Å². The van der Waals surface area contributed by atoms with Crippen LogP contribution in [0.3, 0.4) is 0 Å². The Kier molecular flexibility index (Phi) is 31.3. The van der Waals surface area contributed by atoms with Gasteiger partial charge in [0.05, 0.1) is 13.2 Å². The average Bonchev–Trinajstić information content (AvgIpc) is 3.03. The summed E-state index contributed by atoms with van der Waals surface area (Å²) in [6.07, 6.45) is 53.9. The molecule has 2 nitrogen and oxygen atoms in total. The smallest absolute Gasteiger partial charge is 0.0594 e. The van der Waals surface area contributed by atoms with Gasteiger partial charge in [0.15, 0.2) is 0 Å². The van der Waals surface area contributed by atoms with Crippen LogP contribution >= 0.6 is 0 Å². The zero-order valence-electron chi connectivity index (χ0n) is 29.3. The molecule has 0 aromatic rings. The number of nitrogens with zero attached hydrogens (tertiary/aromatic N) is 1. The molecule has 0 radical (unpaired) electrons. The second-order valence-corrected chi connectivity index (χ2v) is 13.0. The molecule has 0 aromatic heterocycles. The predicted molar refractivity (Wildman–Crippen MR) is 194 cm³/mol. The predicted octanol–water partition coefficient (Wildman–Crippen LogP) is 13.1. The molecule has 0 unspecified atom stereocenters. The molecule has 1 rings (SSSR count). The van der Waals surface area contributed by atoms with Gasteiger partial charge in [-0.15, -0.1) is 0 Å². The maximum absolute atomic E-state index is 5.66. The fourth-order valence-corrected chi connectivity index (χ4v) is 6.19. The van der Waals surface area contributed by atoms with Crippen molar-refractivity contribution in [1.82, 2.24) is 4.90 Å². The molecule has 43 heavy (non-hydrogen) atoms. The number of morpholine rings is 1. The first kappa shape index (κ1) is 39.9. The molecule has 1 aliphatic rings. The van der Waals surface area contributed by atoms with Gasteiger partial charge >= 0.3 is 0 Å². The van der Waals surface area contributed by atoms with Crippen molar-refractivity contribution in [2.24, 2.45) is 0 Å². The van der Waals surface area contributed by atoms with Gasteiger partial charge in [-0.3, -0.25) is 4.90 Å². The summed E-state index contributed by atoms with van der Waals surface area (Å²) in [6.45, 7) is 8.71. The molecule has 0 saturated carbocycles. The van der Waals surface area contributed by atoms with Crippen molar-refractivity contribution in [2.75, 3.05) is 26.3 Å². The molecule has 0 aliphatic carbocycles.